The van der Waals surface area contributed by atoms with E-state index in [0.29, 0.717) is 5.56 Å². The molecule has 2 aromatic carbocycles. The molecular weight excluding hydrogens is 323 g/mol. The molecule has 2 aromatic rings. The summed E-state index contributed by atoms with van der Waals surface area (Å²) < 4.78 is 13.8. The second kappa shape index (κ2) is 6.75. The summed E-state index contributed by atoms with van der Waals surface area (Å²) in [6.07, 6.45) is 0. The predicted octanol–water partition coefficient (Wildman–Crippen LogP) is 3.97. The highest BCUT2D eigenvalue weighted by Gasteiger charge is 2.19. The SMILES string of the molecule is Cc1ccc(C(=O)N(C)Cc2c(F)cccc2Cl)cc1[N+](=O)[O-]. The van der Waals surface area contributed by atoms with Crippen LogP contribution in [0.3, 0.4) is 0 Å². The average molecular weight is 337 g/mol. The first-order valence-corrected chi connectivity index (χ1v) is 7.12. The number of benzene rings is 2. The van der Waals surface area contributed by atoms with E-state index in [4.69, 9.17) is 11.6 Å². The van der Waals surface area contributed by atoms with Gasteiger partial charge in [-0.2, -0.15) is 0 Å². The Morgan fingerprint density at radius 2 is 2.04 bits per heavy atom. The van der Waals surface area contributed by atoms with Crippen molar-refractivity contribution in [3.8, 4) is 0 Å². The van der Waals surface area contributed by atoms with Gasteiger partial charge in [0.2, 0.25) is 0 Å². The standard InChI is InChI=1S/C16H14ClFN2O3/c1-10-6-7-11(8-15(10)20(22)23)16(21)19(2)9-12-13(17)4-3-5-14(12)18/h3-8H,9H2,1-2H3. The summed E-state index contributed by atoms with van der Waals surface area (Å²) in [4.78, 5) is 24.1. The lowest BCUT2D eigenvalue weighted by molar-refractivity contribution is -0.385. The number of nitro groups is 1. The van der Waals surface area contributed by atoms with Crippen molar-refractivity contribution < 1.29 is 14.1 Å². The molecule has 0 radical (unpaired) electrons. The van der Waals surface area contributed by atoms with E-state index in [1.54, 1.807) is 6.92 Å². The number of carbonyl (C=O) groups excluding carboxylic acids is 1. The predicted molar refractivity (Wildman–Crippen MR) is 85.0 cm³/mol. The van der Waals surface area contributed by atoms with E-state index in [0.717, 1.165) is 0 Å². The number of aryl methyl sites for hydroxylation is 1. The van der Waals surface area contributed by atoms with Crippen molar-refractivity contribution in [2.75, 3.05) is 7.05 Å². The highest BCUT2D eigenvalue weighted by molar-refractivity contribution is 6.31. The van der Waals surface area contributed by atoms with Gasteiger partial charge in [0.25, 0.3) is 11.6 Å². The minimum absolute atomic E-state index is 0.0357. The molecule has 1 amide bonds. The lowest BCUT2D eigenvalue weighted by Gasteiger charge is -2.18. The van der Waals surface area contributed by atoms with Crippen molar-refractivity contribution >= 4 is 23.2 Å². The number of amides is 1. The number of carbonyl (C=O) groups is 1. The summed E-state index contributed by atoms with van der Waals surface area (Å²) in [6.45, 7) is 1.56. The van der Waals surface area contributed by atoms with Crippen LogP contribution in [0.25, 0.3) is 0 Å². The molecule has 0 aliphatic rings. The summed E-state index contributed by atoms with van der Waals surface area (Å²) in [6, 6.07) is 8.51. The van der Waals surface area contributed by atoms with E-state index in [9.17, 15) is 19.3 Å². The number of hydrogen-bond donors (Lipinski definition) is 0. The molecule has 0 saturated heterocycles. The van der Waals surface area contributed by atoms with Gasteiger partial charge in [0.1, 0.15) is 5.82 Å². The van der Waals surface area contributed by atoms with Crippen molar-refractivity contribution in [3.05, 3.63) is 74.0 Å². The van der Waals surface area contributed by atoms with E-state index in [1.807, 2.05) is 0 Å². The number of hydrogen-bond acceptors (Lipinski definition) is 3. The van der Waals surface area contributed by atoms with Crippen LogP contribution in [0.4, 0.5) is 10.1 Å². The normalized spacial score (nSPS) is 10.4. The zero-order valence-electron chi connectivity index (χ0n) is 12.5. The number of nitrogens with zero attached hydrogens (tertiary/aromatic N) is 2. The summed E-state index contributed by atoms with van der Waals surface area (Å²) in [5.41, 5.74) is 0.698. The molecule has 0 aromatic heterocycles. The first-order valence-electron chi connectivity index (χ1n) is 6.74. The van der Waals surface area contributed by atoms with Gasteiger partial charge in [-0.1, -0.05) is 23.7 Å². The molecule has 23 heavy (non-hydrogen) atoms. The first-order chi connectivity index (χ1) is 10.8. The van der Waals surface area contributed by atoms with E-state index < -0.39 is 16.6 Å². The van der Waals surface area contributed by atoms with E-state index in [2.05, 4.69) is 0 Å². The molecule has 0 aliphatic carbocycles. The molecule has 0 atom stereocenters. The molecule has 2 rings (SSSR count). The maximum Gasteiger partial charge on any atom is 0.273 e. The number of rotatable bonds is 4. The topological polar surface area (TPSA) is 63.5 Å². The molecule has 0 heterocycles. The van der Waals surface area contributed by atoms with Crippen molar-refractivity contribution in [1.82, 2.24) is 4.90 Å². The molecule has 0 saturated carbocycles. The molecule has 0 bridgehead atoms. The Morgan fingerprint density at radius 3 is 2.65 bits per heavy atom. The van der Waals surface area contributed by atoms with Crippen molar-refractivity contribution in [3.63, 3.8) is 0 Å². The monoisotopic (exact) mass is 336 g/mol. The Balaban J connectivity index is 2.27. The molecule has 7 heteroatoms. The first kappa shape index (κ1) is 16.9. The minimum atomic E-state index is -0.542. The molecule has 0 unspecified atom stereocenters. The smallest absolute Gasteiger partial charge is 0.273 e. The summed E-state index contributed by atoms with van der Waals surface area (Å²) >= 11 is 5.94. The van der Waals surface area contributed by atoms with Gasteiger partial charge in [0.15, 0.2) is 0 Å². The zero-order valence-corrected chi connectivity index (χ0v) is 13.3. The molecule has 0 aliphatic heterocycles. The molecule has 0 fully saturated rings. The Labute approximate surface area is 137 Å². The second-order valence-corrected chi connectivity index (χ2v) is 5.53. The van der Waals surface area contributed by atoms with Crippen molar-refractivity contribution in [2.24, 2.45) is 0 Å². The zero-order chi connectivity index (χ0) is 17.1. The van der Waals surface area contributed by atoms with Crippen LogP contribution in [0, 0.1) is 22.9 Å². The lowest BCUT2D eigenvalue weighted by atomic mass is 10.1. The van der Waals surface area contributed by atoms with Gasteiger partial charge in [-0.25, -0.2) is 4.39 Å². The summed E-state index contributed by atoms with van der Waals surface area (Å²) in [5.74, 6) is -0.959. The molecular formula is C16H14ClFN2O3. The molecule has 0 N–H and O–H groups in total. The van der Waals surface area contributed by atoms with Crippen LogP contribution in [0.5, 0.6) is 0 Å². The van der Waals surface area contributed by atoms with Gasteiger partial charge in [-0.15, -0.1) is 0 Å². The fraction of sp³-hybridized carbons (Fsp3) is 0.188. The van der Waals surface area contributed by atoms with Crippen LogP contribution < -0.4 is 0 Å². The average Bonchev–Trinajstić information content (AvgIpc) is 2.50. The van der Waals surface area contributed by atoms with Crippen LogP contribution in [0.1, 0.15) is 21.5 Å². The van der Waals surface area contributed by atoms with Gasteiger partial charge >= 0.3 is 0 Å². The third-order valence-electron chi connectivity index (χ3n) is 3.46. The van der Waals surface area contributed by atoms with Crippen LogP contribution in [-0.4, -0.2) is 22.8 Å². The van der Waals surface area contributed by atoms with Gasteiger partial charge in [-0.3, -0.25) is 14.9 Å². The molecule has 0 spiro atoms. The summed E-state index contributed by atoms with van der Waals surface area (Å²) in [5, 5.41) is 11.2. The van der Waals surface area contributed by atoms with Crippen LogP contribution >= 0.6 is 11.6 Å². The highest BCUT2D eigenvalue weighted by atomic mass is 35.5. The Bertz CT molecular complexity index is 760. The van der Waals surface area contributed by atoms with Gasteiger partial charge < -0.3 is 4.90 Å². The van der Waals surface area contributed by atoms with Gasteiger partial charge in [0, 0.05) is 41.4 Å². The second-order valence-electron chi connectivity index (χ2n) is 5.12. The fourth-order valence-corrected chi connectivity index (χ4v) is 2.37. The van der Waals surface area contributed by atoms with Crippen molar-refractivity contribution in [1.29, 1.82) is 0 Å². The Kier molecular flexibility index (Phi) is 4.95. The van der Waals surface area contributed by atoms with Crippen LogP contribution in [-0.2, 0) is 6.54 Å². The van der Waals surface area contributed by atoms with E-state index >= 15 is 0 Å². The largest absolute Gasteiger partial charge is 0.337 e. The van der Waals surface area contributed by atoms with E-state index in [-0.39, 0.29) is 28.4 Å². The lowest BCUT2D eigenvalue weighted by Crippen LogP contribution is -2.27. The quantitative estimate of drug-likeness (QED) is 0.627. The summed E-state index contributed by atoms with van der Waals surface area (Å²) in [7, 11) is 1.48. The Morgan fingerprint density at radius 1 is 1.35 bits per heavy atom. The maximum absolute atomic E-state index is 13.8. The van der Waals surface area contributed by atoms with E-state index in [1.165, 1.54) is 48.3 Å². The van der Waals surface area contributed by atoms with Gasteiger partial charge in [-0.05, 0) is 25.1 Å². The van der Waals surface area contributed by atoms with Gasteiger partial charge in [0.05, 0.1) is 4.92 Å². The van der Waals surface area contributed by atoms with Crippen molar-refractivity contribution in [2.45, 2.75) is 13.5 Å². The Hall–Kier alpha value is -2.47. The van der Waals surface area contributed by atoms with Crippen LogP contribution in [0.15, 0.2) is 36.4 Å². The molecule has 5 nitrogen and oxygen atoms in total. The third-order valence-corrected chi connectivity index (χ3v) is 3.81. The molecule has 120 valence electrons. The maximum atomic E-state index is 13.8. The fourth-order valence-electron chi connectivity index (χ4n) is 2.15. The third kappa shape index (κ3) is 3.65. The minimum Gasteiger partial charge on any atom is -0.337 e. The number of nitro benzene ring substituents is 1. The van der Waals surface area contributed by atoms with Crippen LogP contribution in [0.2, 0.25) is 5.02 Å². The highest BCUT2D eigenvalue weighted by Crippen LogP contribution is 2.23. The number of halogens is 2.